The number of carbonyl (C=O) groups is 3. The number of imide groups is 1. The summed E-state index contributed by atoms with van der Waals surface area (Å²) in [5, 5.41) is 2.88. The fraction of sp³-hybridized carbons (Fsp3) is 0.476. The number of benzene rings is 1. The van der Waals surface area contributed by atoms with Crippen LogP contribution in [0.25, 0.3) is 6.08 Å². The molecule has 1 aromatic rings. The van der Waals surface area contributed by atoms with Gasteiger partial charge in [-0.3, -0.25) is 14.5 Å². The van der Waals surface area contributed by atoms with Crippen LogP contribution in [0, 0.1) is 0 Å². The molecule has 6 nitrogen and oxygen atoms in total. The van der Waals surface area contributed by atoms with E-state index in [2.05, 4.69) is 5.32 Å². The second kappa shape index (κ2) is 6.22. The Morgan fingerprint density at radius 2 is 1.59 bits per heavy atom. The molecule has 0 saturated carbocycles. The average Bonchev–Trinajstić information content (AvgIpc) is 2.75. The first-order chi connectivity index (χ1) is 12.5. The van der Waals surface area contributed by atoms with E-state index in [0.29, 0.717) is 12.8 Å². The van der Waals surface area contributed by atoms with Gasteiger partial charge in [-0.15, -0.1) is 0 Å². The Balaban J connectivity index is 1.90. The second-order valence-electron chi connectivity index (χ2n) is 8.77. The van der Waals surface area contributed by atoms with Crippen LogP contribution in [0.15, 0.2) is 36.4 Å². The van der Waals surface area contributed by atoms with Crippen molar-refractivity contribution in [3.8, 4) is 0 Å². The zero-order chi connectivity index (χ0) is 20.0. The van der Waals surface area contributed by atoms with Crippen molar-refractivity contribution in [3.63, 3.8) is 0 Å². The molecule has 1 spiro atoms. The molecule has 2 aliphatic rings. The number of hydrogen-bond acceptors (Lipinski definition) is 3. The van der Waals surface area contributed by atoms with Crippen molar-refractivity contribution in [2.24, 2.45) is 0 Å². The molecule has 0 aliphatic carbocycles. The number of urea groups is 1. The minimum Gasteiger partial charge on any atom is -0.329 e. The van der Waals surface area contributed by atoms with Crippen LogP contribution in [0.4, 0.5) is 4.79 Å². The summed E-state index contributed by atoms with van der Waals surface area (Å²) in [7, 11) is 1.49. The lowest BCUT2D eigenvalue weighted by Crippen LogP contribution is -2.70. The Kier molecular flexibility index (Phi) is 4.41. The Hall–Kier alpha value is -2.63. The number of nitrogens with zero attached hydrogens (tertiary/aromatic N) is 2. The molecule has 2 heterocycles. The third kappa shape index (κ3) is 3.24. The van der Waals surface area contributed by atoms with Crippen molar-refractivity contribution < 1.29 is 14.4 Å². The summed E-state index contributed by atoms with van der Waals surface area (Å²) in [6.45, 7) is 7.78. The van der Waals surface area contributed by atoms with Crippen LogP contribution in [-0.4, -0.2) is 51.3 Å². The Morgan fingerprint density at radius 3 is 2.07 bits per heavy atom. The van der Waals surface area contributed by atoms with E-state index in [1.807, 2.05) is 62.9 Å². The van der Waals surface area contributed by atoms with Crippen molar-refractivity contribution in [1.82, 2.24) is 15.1 Å². The monoisotopic (exact) mass is 369 g/mol. The van der Waals surface area contributed by atoms with E-state index in [9.17, 15) is 14.4 Å². The van der Waals surface area contributed by atoms with Gasteiger partial charge < -0.3 is 10.2 Å². The van der Waals surface area contributed by atoms with Gasteiger partial charge in [-0.1, -0.05) is 30.3 Å². The van der Waals surface area contributed by atoms with Gasteiger partial charge in [0.1, 0.15) is 5.54 Å². The zero-order valence-electron chi connectivity index (χ0n) is 16.6. The second-order valence-corrected chi connectivity index (χ2v) is 8.77. The van der Waals surface area contributed by atoms with E-state index in [1.54, 1.807) is 12.2 Å². The van der Waals surface area contributed by atoms with E-state index < -0.39 is 16.6 Å². The van der Waals surface area contributed by atoms with E-state index in [4.69, 9.17) is 0 Å². The standard InChI is InChI=1S/C21H27N3O3/c1-19(2)13-21(17(26)23(5)18(27)22-21)14-20(3,4)24(19)16(25)12-11-15-9-7-6-8-10-15/h6-12H,13-14H2,1-5H3,(H,22,27). The van der Waals surface area contributed by atoms with Gasteiger partial charge in [0, 0.05) is 37.0 Å². The first-order valence-corrected chi connectivity index (χ1v) is 9.16. The number of hydrogen-bond donors (Lipinski definition) is 1. The predicted molar refractivity (Wildman–Crippen MR) is 104 cm³/mol. The summed E-state index contributed by atoms with van der Waals surface area (Å²) >= 11 is 0. The topological polar surface area (TPSA) is 69.7 Å². The van der Waals surface area contributed by atoms with Crippen molar-refractivity contribution >= 4 is 23.9 Å². The summed E-state index contributed by atoms with van der Waals surface area (Å²) in [6, 6.07) is 9.28. The smallest absolute Gasteiger partial charge is 0.324 e. The first-order valence-electron chi connectivity index (χ1n) is 9.16. The lowest BCUT2D eigenvalue weighted by Gasteiger charge is -2.57. The molecule has 2 aliphatic heterocycles. The van der Waals surface area contributed by atoms with Crippen LogP contribution < -0.4 is 5.32 Å². The van der Waals surface area contributed by atoms with Crippen LogP contribution in [-0.2, 0) is 9.59 Å². The number of carbonyl (C=O) groups excluding carboxylic acids is 3. The van der Waals surface area contributed by atoms with E-state index in [0.717, 1.165) is 10.5 Å². The van der Waals surface area contributed by atoms with Gasteiger partial charge in [0.05, 0.1) is 0 Å². The maximum atomic E-state index is 13.1. The Morgan fingerprint density at radius 1 is 1.04 bits per heavy atom. The van der Waals surface area contributed by atoms with Gasteiger partial charge in [-0.05, 0) is 39.3 Å². The van der Waals surface area contributed by atoms with Gasteiger partial charge in [-0.25, -0.2) is 4.79 Å². The normalized spacial score (nSPS) is 23.1. The Labute approximate surface area is 160 Å². The van der Waals surface area contributed by atoms with E-state index >= 15 is 0 Å². The van der Waals surface area contributed by atoms with Crippen molar-refractivity contribution in [2.45, 2.75) is 57.2 Å². The molecule has 2 saturated heterocycles. The molecular weight excluding hydrogens is 342 g/mol. The van der Waals surface area contributed by atoms with Crippen LogP contribution in [0.5, 0.6) is 0 Å². The number of nitrogens with one attached hydrogen (secondary N) is 1. The van der Waals surface area contributed by atoms with Crippen molar-refractivity contribution in [2.75, 3.05) is 7.05 Å². The highest BCUT2D eigenvalue weighted by Gasteiger charge is 2.61. The Bertz CT molecular complexity index is 793. The molecule has 3 rings (SSSR count). The predicted octanol–water partition coefficient (Wildman–Crippen LogP) is 2.80. The molecule has 1 N–H and O–H groups in total. The largest absolute Gasteiger partial charge is 0.329 e. The number of rotatable bonds is 2. The van der Waals surface area contributed by atoms with Crippen molar-refractivity contribution in [1.29, 1.82) is 0 Å². The third-order valence-electron chi connectivity index (χ3n) is 5.48. The van der Waals surface area contributed by atoms with Crippen LogP contribution >= 0.6 is 0 Å². The summed E-state index contributed by atoms with van der Waals surface area (Å²) < 4.78 is 0. The fourth-order valence-electron chi connectivity index (χ4n) is 4.91. The molecule has 6 heteroatoms. The molecule has 144 valence electrons. The maximum Gasteiger partial charge on any atom is 0.324 e. The minimum absolute atomic E-state index is 0.103. The minimum atomic E-state index is -0.960. The van der Waals surface area contributed by atoms with Crippen LogP contribution in [0.3, 0.4) is 0 Å². The van der Waals surface area contributed by atoms with Gasteiger partial charge >= 0.3 is 6.03 Å². The zero-order valence-corrected chi connectivity index (χ0v) is 16.6. The summed E-state index contributed by atoms with van der Waals surface area (Å²) in [4.78, 5) is 40.9. The number of likely N-dealkylation sites (N-methyl/N-ethyl adjacent to an activating group) is 1. The highest BCUT2D eigenvalue weighted by molar-refractivity contribution is 6.07. The number of likely N-dealkylation sites (tertiary alicyclic amines) is 1. The summed E-state index contributed by atoms with van der Waals surface area (Å²) in [6.07, 6.45) is 4.14. The fourth-order valence-corrected chi connectivity index (χ4v) is 4.91. The average molecular weight is 369 g/mol. The van der Waals surface area contributed by atoms with E-state index in [-0.39, 0.29) is 17.8 Å². The van der Waals surface area contributed by atoms with E-state index in [1.165, 1.54) is 7.05 Å². The summed E-state index contributed by atoms with van der Waals surface area (Å²) in [5.41, 5.74) is -1.21. The van der Waals surface area contributed by atoms with Crippen LogP contribution in [0.2, 0.25) is 0 Å². The molecule has 0 aromatic heterocycles. The SMILES string of the molecule is CN1C(=O)NC2(CC(C)(C)N(C(=O)C=Cc3ccccc3)C(C)(C)C2)C1=O. The molecule has 0 unspecified atom stereocenters. The van der Waals surface area contributed by atoms with Gasteiger partial charge in [0.2, 0.25) is 5.91 Å². The molecule has 27 heavy (non-hydrogen) atoms. The highest BCUT2D eigenvalue weighted by Crippen LogP contribution is 2.45. The summed E-state index contributed by atoms with van der Waals surface area (Å²) in [5.74, 6) is -0.325. The highest BCUT2D eigenvalue weighted by atomic mass is 16.2. The first kappa shape index (κ1) is 19.1. The quantitative estimate of drug-likeness (QED) is 0.644. The molecule has 1 aromatic carbocycles. The molecule has 0 atom stereocenters. The molecule has 4 amide bonds. The lowest BCUT2D eigenvalue weighted by molar-refractivity contribution is -0.154. The van der Waals surface area contributed by atoms with Gasteiger partial charge in [0.25, 0.3) is 5.91 Å². The number of piperidine rings is 1. The van der Waals surface area contributed by atoms with Crippen LogP contribution in [0.1, 0.15) is 46.1 Å². The maximum absolute atomic E-state index is 13.1. The third-order valence-corrected chi connectivity index (χ3v) is 5.48. The lowest BCUT2D eigenvalue weighted by atomic mass is 9.69. The van der Waals surface area contributed by atoms with Gasteiger partial charge in [-0.2, -0.15) is 0 Å². The molecule has 2 fully saturated rings. The van der Waals surface area contributed by atoms with Gasteiger partial charge in [0.15, 0.2) is 0 Å². The number of amides is 4. The van der Waals surface area contributed by atoms with Crippen molar-refractivity contribution in [3.05, 3.63) is 42.0 Å². The molecule has 0 bridgehead atoms. The molecular formula is C21H27N3O3. The molecule has 0 radical (unpaired) electrons.